The molecular formula is C13H22N2O3. The normalized spacial score (nSPS) is 11.8. The van der Waals surface area contributed by atoms with Gasteiger partial charge in [-0.15, -0.1) is 0 Å². The number of hydrogen-bond acceptors (Lipinski definition) is 3. The minimum absolute atomic E-state index is 0.262. The summed E-state index contributed by atoms with van der Waals surface area (Å²) in [5.41, 5.74) is -0.799. The van der Waals surface area contributed by atoms with Gasteiger partial charge in [0.25, 0.3) is 5.56 Å². The van der Waals surface area contributed by atoms with Crippen molar-refractivity contribution < 1.29 is 4.74 Å². The van der Waals surface area contributed by atoms with Crippen LogP contribution >= 0.6 is 0 Å². The predicted molar refractivity (Wildman–Crippen MR) is 71.0 cm³/mol. The average Bonchev–Trinajstić information content (AvgIpc) is 2.26. The lowest BCUT2D eigenvalue weighted by atomic mass is 10.2. The first kappa shape index (κ1) is 14.7. The van der Waals surface area contributed by atoms with Crippen molar-refractivity contribution in [2.45, 2.75) is 52.8 Å². The van der Waals surface area contributed by atoms with Crippen LogP contribution in [0.15, 0.2) is 21.9 Å². The van der Waals surface area contributed by atoms with Crippen LogP contribution < -0.4 is 11.2 Å². The van der Waals surface area contributed by atoms with Crippen molar-refractivity contribution >= 4 is 0 Å². The third kappa shape index (κ3) is 4.14. The topological polar surface area (TPSA) is 53.2 Å². The number of aromatic nitrogens is 2. The Hall–Kier alpha value is -1.36. The molecule has 5 nitrogen and oxygen atoms in total. The molecule has 0 spiro atoms. The van der Waals surface area contributed by atoms with E-state index in [0.717, 1.165) is 6.42 Å². The molecule has 0 atom stereocenters. The highest BCUT2D eigenvalue weighted by Gasteiger charge is 2.11. The zero-order valence-corrected chi connectivity index (χ0v) is 11.6. The summed E-state index contributed by atoms with van der Waals surface area (Å²) in [5.74, 6) is 0. The number of aryl methyl sites for hydroxylation is 1. The summed E-state index contributed by atoms with van der Waals surface area (Å²) in [4.78, 5) is 23.7. The fraction of sp³-hybridized carbons (Fsp3) is 0.692. The molecule has 1 heterocycles. The summed E-state index contributed by atoms with van der Waals surface area (Å²) >= 11 is 0. The maximum atomic E-state index is 12.0. The highest BCUT2D eigenvalue weighted by Crippen LogP contribution is 2.05. The van der Waals surface area contributed by atoms with E-state index < -0.39 is 0 Å². The molecule has 0 aromatic carbocycles. The van der Waals surface area contributed by atoms with Crippen LogP contribution in [-0.4, -0.2) is 21.3 Å². The molecule has 5 heteroatoms. The van der Waals surface area contributed by atoms with Crippen LogP contribution in [0, 0.1) is 0 Å². The third-order valence-corrected chi connectivity index (χ3v) is 2.45. The maximum absolute atomic E-state index is 12.0. The molecule has 0 fully saturated rings. The first-order chi connectivity index (χ1) is 8.35. The molecule has 102 valence electrons. The highest BCUT2D eigenvalue weighted by atomic mass is 16.5. The lowest BCUT2D eigenvalue weighted by Gasteiger charge is -2.19. The Kier molecular flexibility index (Phi) is 4.90. The SMILES string of the molecule is CCCn1ccc(=O)n(CCOC(C)(C)C)c1=O. The van der Waals surface area contributed by atoms with Crippen LogP contribution in [0.25, 0.3) is 0 Å². The molecule has 1 aromatic rings. The van der Waals surface area contributed by atoms with E-state index in [0.29, 0.717) is 19.7 Å². The van der Waals surface area contributed by atoms with Gasteiger partial charge in [-0.05, 0) is 27.2 Å². The standard InChI is InChI=1S/C13H22N2O3/c1-5-7-14-8-6-11(16)15(12(14)17)9-10-18-13(2,3)4/h6,8H,5,7,9-10H2,1-4H3. The summed E-state index contributed by atoms with van der Waals surface area (Å²) in [7, 11) is 0. The molecule has 0 aliphatic carbocycles. The fourth-order valence-corrected chi connectivity index (χ4v) is 1.62. The second-order valence-corrected chi connectivity index (χ2v) is 5.24. The molecule has 0 amide bonds. The van der Waals surface area contributed by atoms with Crippen molar-refractivity contribution in [1.82, 2.24) is 9.13 Å². The Morgan fingerprint density at radius 1 is 1.22 bits per heavy atom. The zero-order chi connectivity index (χ0) is 13.8. The molecule has 1 rings (SSSR count). The summed E-state index contributed by atoms with van der Waals surface area (Å²) < 4.78 is 8.31. The van der Waals surface area contributed by atoms with Crippen molar-refractivity contribution in [3.63, 3.8) is 0 Å². The lowest BCUT2D eigenvalue weighted by molar-refractivity contribution is -0.00764. The number of hydrogen-bond donors (Lipinski definition) is 0. The van der Waals surface area contributed by atoms with E-state index in [1.165, 1.54) is 10.6 Å². The largest absolute Gasteiger partial charge is 0.374 e. The zero-order valence-electron chi connectivity index (χ0n) is 11.6. The first-order valence-electron chi connectivity index (χ1n) is 6.29. The molecule has 0 unspecified atom stereocenters. The molecule has 0 aliphatic heterocycles. The number of ether oxygens (including phenoxy) is 1. The Balaban J connectivity index is 2.85. The lowest BCUT2D eigenvalue weighted by Crippen LogP contribution is -2.40. The van der Waals surface area contributed by atoms with Gasteiger partial charge in [0.05, 0.1) is 18.8 Å². The molecule has 0 saturated heterocycles. The average molecular weight is 254 g/mol. The van der Waals surface area contributed by atoms with Gasteiger partial charge in [-0.25, -0.2) is 4.79 Å². The summed E-state index contributed by atoms with van der Waals surface area (Å²) in [5, 5.41) is 0. The quantitative estimate of drug-likeness (QED) is 0.794. The van der Waals surface area contributed by atoms with Gasteiger partial charge in [0.15, 0.2) is 0 Å². The Bertz CT molecular complexity index is 494. The Morgan fingerprint density at radius 2 is 1.89 bits per heavy atom. The van der Waals surface area contributed by atoms with E-state index in [1.807, 2.05) is 27.7 Å². The fourth-order valence-electron chi connectivity index (χ4n) is 1.62. The number of nitrogens with zero attached hydrogens (tertiary/aromatic N) is 2. The monoisotopic (exact) mass is 254 g/mol. The van der Waals surface area contributed by atoms with Crippen LogP contribution in [0.5, 0.6) is 0 Å². The van der Waals surface area contributed by atoms with Gasteiger partial charge in [-0.2, -0.15) is 0 Å². The van der Waals surface area contributed by atoms with E-state index >= 15 is 0 Å². The van der Waals surface area contributed by atoms with E-state index in [2.05, 4.69) is 0 Å². The highest BCUT2D eigenvalue weighted by molar-refractivity contribution is 4.86. The van der Waals surface area contributed by atoms with Crippen LogP contribution in [0.3, 0.4) is 0 Å². The second-order valence-electron chi connectivity index (χ2n) is 5.24. The summed E-state index contributed by atoms with van der Waals surface area (Å²) in [6.45, 7) is 9.08. The van der Waals surface area contributed by atoms with Gasteiger partial charge in [-0.3, -0.25) is 9.36 Å². The minimum atomic E-state index is -0.273. The van der Waals surface area contributed by atoms with Gasteiger partial charge in [0.2, 0.25) is 0 Å². The molecule has 0 aliphatic rings. The van der Waals surface area contributed by atoms with Gasteiger partial charge in [0, 0.05) is 18.8 Å². The van der Waals surface area contributed by atoms with Gasteiger partial charge < -0.3 is 9.30 Å². The van der Waals surface area contributed by atoms with E-state index in [4.69, 9.17) is 4.74 Å². The maximum Gasteiger partial charge on any atom is 0.331 e. The van der Waals surface area contributed by atoms with Crippen molar-refractivity contribution in [2.24, 2.45) is 0 Å². The second kappa shape index (κ2) is 6.00. The van der Waals surface area contributed by atoms with Gasteiger partial charge in [-0.1, -0.05) is 6.92 Å². The van der Waals surface area contributed by atoms with E-state index in [1.54, 1.807) is 10.8 Å². The summed E-state index contributed by atoms with van der Waals surface area (Å²) in [6, 6.07) is 1.42. The molecular weight excluding hydrogens is 232 g/mol. The van der Waals surface area contributed by atoms with Crippen molar-refractivity contribution in [3.8, 4) is 0 Å². The van der Waals surface area contributed by atoms with Gasteiger partial charge >= 0.3 is 5.69 Å². The molecule has 0 saturated carbocycles. The Labute approximate surface area is 107 Å². The Morgan fingerprint density at radius 3 is 2.44 bits per heavy atom. The van der Waals surface area contributed by atoms with Crippen LogP contribution in [-0.2, 0) is 17.8 Å². The van der Waals surface area contributed by atoms with E-state index in [-0.39, 0.29) is 16.9 Å². The van der Waals surface area contributed by atoms with Gasteiger partial charge in [0.1, 0.15) is 0 Å². The number of rotatable bonds is 5. The van der Waals surface area contributed by atoms with Crippen molar-refractivity contribution in [2.75, 3.05) is 6.61 Å². The van der Waals surface area contributed by atoms with Crippen molar-refractivity contribution in [1.29, 1.82) is 0 Å². The molecule has 0 bridgehead atoms. The van der Waals surface area contributed by atoms with Crippen LogP contribution in [0.2, 0.25) is 0 Å². The van der Waals surface area contributed by atoms with Crippen LogP contribution in [0.1, 0.15) is 34.1 Å². The molecule has 0 radical (unpaired) electrons. The molecule has 0 N–H and O–H groups in total. The van der Waals surface area contributed by atoms with E-state index in [9.17, 15) is 9.59 Å². The van der Waals surface area contributed by atoms with Crippen molar-refractivity contribution in [3.05, 3.63) is 33.1 Å². The molecule has 18 heavy (non-hydrogen) atoms. The van der Waals surface area contributed by atoms with Crippen LogP contribution in [0.4, 0.5) is 0 Å². The minimum Gasteiger partial charge on any atom is -0.374 e. The smallest absolute Gasteiger partial charge is 0.331 e. The molecule has 1 aromatic heterocycles. The first-order valence-corrected chi connectivity index (χ1v) is 6.29. The predicted octanol–water partition coefficient (Wildman–Crippen LogP) is 1.24. The summed E-state index contributed by atoms with van der Waals surface area (Å²) in [6.07, 6.45) is 2.41. The third-order valence-electron chi connectivity index (χ3n) is 2.45.